The minimum atomic E-state index is -3.01. The first kappa shape index (κ1) is 13.5. The molecule has 1 aromatic rings. The quantitative estimate of drug-likeness (QED) is 0.859. The minimum absolute atomic E-state index is 0.256. The van der Waals surface area contributed by atoms with Gasteiger partial charge in [-0.2, -0.15) is 4.98 Å². The van der Waals surface area contributed by atoms with E-state index in [1.54, 1.807) is 6.92 Å². The fourth-order valence-corrected chi connectivity index (χ4v) is 4.03. The summed E-state index contributed by atoms with van der Waals surface area (Å²) in [5.41, 5.74) is 0. The Morgan fingerprint density at radius 1 is 1.50 bits per heavy atom. The van der Waals surface area contributed by atoms with Crippen LogP contribution in [0.4, 0.5) is 0 Å². The van der Waals surface area contributed by atoms with Crippen molar-refractivity contribution in [1.29, 1.82) is 0 Å². The summed E-state index contributed by atoms with van der Waals surface area (Å²) in [6.45, 7) is 1.64. The second-order valence-electron chi connectivity index (χ2n) is 4.85. The predicted molar refractivity (Wildman–Crippen MR) is 64.8 cm³/mol. The second kappa shape index (κ2) is 5.36. The van der Waals surface area contributed by atoms with Crippen molar-refractivity contribution >= 4 is 9.84 Å². The highest BCUT2D eigenvalue weighted by Gasteiger charge is 2.30. The predicted octanol–water partition coefficient (Wildman–Crippen LogP) is 0.503. The molecule has 2 unspecified atom stereocenters. The van der Waals surface area contributed by atoms with Crippen molar-refractivity contribution in [3.8, 4) is 0 Å². The standard InChI is InChI=1S/C11H18N2O4S/c1-8(14)6-10-12-11(17-13-10)7-9-4-2-3-5-18(9,15)16/h8-9,14H,2-7H2,1H3. The van der Waals surface area contributed by atoms with E-state index in [1.807, 2.05) is 0 Å². The number of hydrogen-bond donors (Lipinski definition) is 1. The molecule has 0 aromatic carbocycles. The van der Waals surface area contributed by atoms with Gasteiger partial charge in [0.05, 0.1) is 17.1 Å². The smallest absolute Gasteiger partial charge is 0.227 e. The third-order valence-corrected chi connectivity index (χ3v) is 5.38. The Hall–Kier alpha value is -0.950. The van der Waals surface area contributed by atoms with Crippen LogP contribution in [0.3, 0.4) is 0 Å². The summed E-state index contributed by atoms with van der Waals surface area (Å²) < 4.78 is 28.7. The molecule has 1 saturated heterocycles. The molecular formula is C11H18N2O4S. The van der Waals surface area contributed by atoms with Crippen LogP contribution in [0.5, 0.6) is 0 Å². The topological polar surface area (TPSA) is 93.3 Å². The number of sulfone groups is 1. The van der Waals surface area contributed by atoms with E-state index >= 15 is 0 Å². The molecule has 0 aliphatic carbocycles. The van der Waals surface area contributed by atoms with E-state index in [-0.39, 0.29) is 12.2 Å². The van der Waals surface area contributed by atoms with E-state index < -0.39 is 21.2 Å². The Morgan fingerprint density at radius 3 is 2.94 bits per heavy atom. The SMILES string of the molecule is CC(O)Cc1noc(CC2CCCCS2(=O)=O)n1. The molecule has 0 saturated carbocycles. The maximum absolute atomic E-state index is 11.8. The summed E-state index contributed by atoms with van der Waals surface area (Å²) in [6.07, 6.45) is 2.41. The van der Waals surface area contributed by atoms with Gasteiger partial charge >= 0.3 is 0 Å². The lowest BCUT2D eigenvalue weighted by atomic mass is 10.1. The zero-order valence-electron chi connectivity index (χ0n) is 10.4. The van der Waals surface area contributed by atoms with E-state index in [9.17, 15) is 13.5 Å². The minimum Gasteiger partial charge on any atom is -0.393 e. The molecule has 0 spiro atoms. The van der Waals surface area contributed by atoms with Crippen LogP contribution in [-0.4, -0.2) is 40.8 Å². The molecule has 1 aliphatic rings. The molecule has 1 fully saturated rings. The first-order valence-electron chi connectivity index (χ1n) is 6.18. The van der Waals surface area contributed by atoms with Crippen LogP contribution in [-0.2, 0) is 22.7 Å². The fraction of sp³-hybridized carbons (Fsp3) is 0.818. The lowest BCUT2D eigenvalue weighted by Gasteiger charge is -2.20. The van der Waals surface area contributed by atoms with Gasteiger partial charge in [0, 0.05) is 12.8 Å². The van der Waals surface area contributed by atoms with Gasteiger partial charge in [-0.05, 0) is 19.8 Å². The van der Waals surface area contributed by atoms with Crippen molar-refractivity contribution in [1.82, 2.24) is 10.1 Å². The Labute approximate surface area is 106 Å². The van der Waals surface area contributed by atoms with Crippen LogP contribution >= 0.6 is 0 Å². The fourth-order valence-electron chi connectivity index (χ4n) is 2.17. The number of aliphatic hydroxyl groups is 1. The molecule has 1 N–H and O–H groups in total. The Balaban J connectivity index is 2.02. The molecule has 2 heterocycles. The molecule has 2 atom stereocenters. The van der Waals surface area contributed by atoms with Crippen LogP contribution in [0.1, 0.15) is 37.9 Å². The highest BCUT2D eigenvalue weighted by atomic mass is 32.2. The van der Waals surface area contributed by atoms with Crippen LogP contribution in [0.15, 0.2) is 4.52 Å². The van der Waals surface area contributed by atoms with E-state index in [4.69, 9.17) is 4.52 Å². The van der Waals surface area contributed by atoms with Crippen LogP contribution in [0, 0.1) is 0 Å². The molecule has 6 nitrogen and oxygen atoms in total. The molecule has 0 bridgehead atoms. The van der Waals surface area contributed by atoms with Gasteiger partial charge in [0.25, 0.3) is 0 Å². The van der Waals surface area contributed by atoms with Gasteiger partial charge in [0.15, 0.2) is 15.7 Å². The highest BCUT2D eigenvalue weighted by Crippen LogP contribution is 2.22. The lowest BCUT2D eigenvalue weighted by molar-refractivity contribution is 0.191. The van der Waals surface area contributed by atoms with Crippen molar-refractivity contribution in [2.75, 3.05) is 5.75 Å². The van der Waals surface area contributed by atoms with Gasteiger partial charge in [-0.1, -0.05) is 11.6 Å². The zero-order valence-corrected chi connectivity index (χ0v) is 11.2. The second-order valence-corrected chi connectivity index (χ2v) is 7.25. The highest BCUT2D eigenvalue weighted by molar-refractivity contribution is 7.92. The summed E-state index contributed by atoms with van der Waals surface area (Å²) in [4.78, 5) is 4.11. The monoisotopic (exact) mass is 274 g/mol. The maximum atomic E-state index is 11.8. The van der Waals surface area contributed by atoms with Gasteiger partial charge in [0.1, 0.15) is 0 Å². The molecule has 7 heteroatoms. The number of rotatable bonds is 4. The molecule has 1 aromatic heterocycles. The van der Waals surface area contributed by atoms with Gasteiger partial charge in [0.2, 0.25) is 5.89 Å². The van der Waals surface area contributed by atoms with Crippen molar-refractivity contribution in [3.63, 3.8) is 0 Å². The number of hydrogen-bond acceptors (Lipinski definition) is 6. The number of aliphatic hydroxyl groups excluding tert-OH is 1. The van der Waals surface area contributed by atoms with Crippen LogP contribution < -0.4 is 0 Å². The first-order chi connectivity index (χ1) is 8.47. The molecule has 1 aliphatic heterocycles. The average Bonchev–Trinajstić information content (AvgIpc) is 2.68. The Bertz CT molecular complexity index is 495. The van der Waals surface area contributed by atoms with Crippen LogP contribution in [0.25, 0.3) is 0 Å². The first-order valence-corrected chi connectivity index (χ1v) is 7.90. The molecule has 102 valence electrons. The molecule has 0 amide bonds. The molecule has 0 radical (unpaired) electrons. The Morgan fingerprint density at radius 2 is 2.28 bits per heavy atom. The summed E-state index contributed by atoms with van der Waals surface area (Å²) in [5.74, 6) is 1.03. The third kappa shape index (κ3) is 3.29. The summed E-state index contributed by atoms with van der Waals surface area (Å²) in [6, 6.07) is 0. The third-order valence-electron chi connectivity index (χ3n) is 3.10. The summed E-state index contributed by atoms with van der Waals surface area (Å²) in [7, 11) is -3.01. The Kier molecular flexibility index (Phi) is 4.01. The van der Waals surface area contributed by atoms with E-state index in [1.165, 1.54) is 0 Å². The zero-order chi connectivity index (χ0) is 13.2. The maximum Gasteiger partial charge on any atom is 0.227 e. The molecule has 2 rings (SSSR count). The number of aromatic nitrogens is 2. The average molecular weight is 274 g/mol. The lowest BCUT2D eigenvalue weighted by Crippen LogP contribution is -2.30. The van der Waals surface area contributed by atoms with Crippen molar-refractivity contribution in [3.05, 3.63) is 11.7 Å². The van der Waals surface area contributed by atoms with E-state index in [0.717, 1.165) is 12.8 Å². The van der Waals surface area contributed by atoms with Crippen molar-refractivity contribution < 1.29 is 18.0 Å². The molecular weight excluding hydrogens is 256 g/mol. The normalized spacial score (nSPS) is 24.9. The summed E-state index contributed by atoms with van der Waals surface area (Å²) in [5, 5.41) is 12.5. The van der Waals surface area contributed by atoms with Gasteiger partial charge in [-0.25, -0.2) is 8.42 Å². The summed E-state index contributed by atoms with van der Waals surface area (Å²) >= 11 is 0. The number of nitrogens with zero attached hydrogens (tertiary/aromatic N) is 2. The van der Waals surface area contributed by atoms with Crippen molar-refractivity contribution in [2.45, 2.75) is 50.4 Å². The van der Waals surface area contributed by atoms with Gasteiger partial charge < -0.3 is 9.63 Å². The van der Waals surface area contributed by atoms with Crippen molar-refractivity contribution in [2.24, 2.45) is 0 Å². The van der Waals surface area contributed by atoms with E-state index in [0.29, 0.717) is 24.6 Å². The van der Waals surface area contributed by atoms with E-state index in [2.05, 4.69) is 10.1 Å². The largest absolute Gasteiger partial charge is 0.393 e. The molecule has 18 heavy (non-hydrogen) atoms. The van der Waals surface area contributed by atoms with Crippen LogP contribution in [0.2, 0.25) is 0 Å². The van der Waals surface area contributed by atoms with Gasteiger partial charge in [-0.15, -0.1) is 0 Å². The van der Waals surface area contributed by atoms with Gasteiger partial charge in [-0.3, -0.25) is 0 Å².